The van der Waals surface area contributed by atoms with E-state index in [4.69, 9.17) is 0 Å². The lowest BCUT2D eigenvalue weighted by atomic mass is 10.2. The highest BCUT2D eigenvalue weighted by atomic mass is 16.6. The van der Waals surface area contributed by atoms with E-state index in [9.17, 15) is 19.7 Å². The molecule has 2 heterocycles. The van der Waals surface area contributed by atoms with E-state index in [0.29, 0.717) is 24.3 Å². The molecule has 9 heteroatoms. The molecule has 24 heavy (non-hydrogen) atoms. The van der Waals surface area contributed by atoms with E-state index in [1.807, 2.05) is 0 Å². The number of hydrogen-bond acceptors (Lipinski definition) is 5. The molecule has 0 unspecified atom stereocenters. The summed E-state index contributed by atoms with van der Waals surface area (Å²) in [7, 11) is 0. The third-order valence-corrected chi connectivity index (χ3v) is 3.68. The molecule has 124 valence electrons. The zero-order chi connectivity index (χ0) is 17.1. The van der Waals surface area contributed by atoms with Gasteiger partial charge in [-0.25, -0.2) is 0 Å². The summed E-state index contributed by atoms with van der Waals surface area (Å²) in [5.41, 5.74) is 1.19. The Morgan fingerprint density at radius 3 is 2.83 bits per heavy atom. The number of amides is 2. The van der Waals surface area contributed by atoms with Crippen molar-refractivity contribution in [2.24, 2.45) is 0 Å². The lowest BCUT2D eigenvalue weighted by Crippen LogP contribution is -2.26. The largest absolute Gasteiger partial charge is 0.381 e. The Bertz CT molecular complexity index is 801. The lowest BCUT2D eigenvalue weighted by molar-refractivity contribution is -0.389. The normalized spacial score (nSPS) is 14.0. The van der Waals surface area contributed by atoms with Gasteiger partial charge in [0.15, 0.2) is 0 Å². The van der Waals surface area contributed by atoms with Gasteiger partial charge >= 0.3 is 5.82 Å². The second-order valence-corrected chi connectivity index (χ2v) is 5.38. The molecule has 0 spiro atoms. The van der Waals surface area contributed by atoms with Gasteiger partial charge in [0.2, 0.25) is 18.1 Å². The van der Waals surface area contributed by atoms with E-state index >= 15 is 0 Å². The van der Waals surface area contributed by atoms with Crippen LogP contribution in [0.25, 0.3) is 0 Å². The second kappa shape index (κ2) is 6.49. The van der Waals surface area contributed by atoms with Crippen molar-refractivity contribution >= 4 is 29.0 Å². The van der Waals surface area contributed by atoms with Crippen molar-refractivity contribution < 1.29 is 14.5 Å². The summed E-state index contributed by atoms with van der Waals surface area (Å²) < 4.78 is 1.33. The van der Waals surface area contributed by atoms with Crippen LogP contribution in [0.3, 0.4) is 0 Å². The number of hydrogen-bond donors (Lipinski definition) is 1. The van der Waals surface area contributed by atoms with Crippen molar-refractivity contribution in [3.63, 3.8) is 0 Å². The molecule has 1 aromatic heterocycles. The van der Waals surface area contributed by atoms with Gasteiger partial charge in [0.05, 0.1) is 11.4 Å². The lowest BCUT2D eigenvalue weighted by Gasteiger charge is -2.19. The zero-order valence-electron chi connectivity index (χ0n) is 12.7. The summed E-state index contributed by atoms with van der Waals surface area (Å²) in [5.74, 6) is -0.644. The van der Waals surface area contributed by atoms with Gasteiger partial charge in [-0.3, -0.25) is 9.59 Å². The SMILES string of the molecule is O=C(Cn1cnc([N+](=O)[O-])c1)Nc1ccccc1N1CCCC1=O. The van der Waals surface area contributed by atoms with Crippen LogP contribution in [0.15, 0.2) is 36.8 Å². The predicted molar refractivity (Wildman–Crippen MR) is 85.5 cm³/mol. The van der Waals surface area contributed by atoms with E-state index in [2.05, 4.69) is 10.3 Å². The molecule has 9 nitrogen and oxygen atoms in total. The zero-order valence-corrected chi connectivity index (χ0v) is 12.7. The first kappa shape index (κ1) is 15.7. The standard InChI is InChI=1S/C15H15N5O4/c21-14(9-18-8-13(16-10-18)20(23)24)17-11-4-1-2-5-12(11)19-7-3-6-15(19)22/h1-2,4-5,8,10H,3,6-7,9H2,(H,17,21). The number of benzene rings is 1. The minimum Gasteiger partial charge on any atom is -0.358 e. The second-order valence-electron chi connectivity index (χ2n) is 5.38. The number of carbonyl (C=O) groups excluding carboxylic acids is 2. The summed E-state index contributed by atoms with van der Waals surface area (Å²) in [5, 5.41) is 13.3. The first-order chi connectivity index (χ1) is 11.5. The number of anilines is 2. The van der Waals surface area contributed by atoms with Gasteiger partial charge in [-0.2, -0.15) is 0 Å². The van der Waals surface area contributed by atoms with Gasteiger partial charge in [0.1, 0.15) is 12.7 Å². The van der Waals surface area contributed by atoms with Crippen molar-refractivity contribution in [3.05, 3.63) is 46.9 Å². The third-order valence-electron chi connectivity index (χ3n) is 3.68. The Balaban J connectivity index is 1.72. The van der Waals surface area contributed by atoms with Crippen molar-refractivity contribution in [3.8, 4) is 0 Å². The summed E-state index contributed by atoms with van der Waals surface area (Å²) in [6.07, 6.45) is 3.71. The fourth-order valence-electron chi connectivity index (χ4n) is 2.60. The van der Waals surface area contributed by atoms with Crippen LogP contribution >= 0.6 is 0 Å². The number of nitrogens with zero attached hydrogens (tertiary/aromatic N) is 4. The maximum Gasteiger partial charge on any atom is 0.381 e. The fraction of sp³-hybridized carbons (Fsp3) is 0.267. The number of imidazole rings is 1. The molecule has 0 radical (unpaired) electrons. The number of rotatable bonds is 5. The maximum atomic E-state index is 12.2. The minimum absolute atomic E-state index is 0.0296. The molecule has 2 amide bonds. The van der Waals surface area contributed by atoms with Crippen LogP contribution < -0.4 is 10.2 Å². The molecule has 1 aromatic carbocycles. The van der Waals surface area contributed by atoms with E-state index in [1.54, 1.807) is 29.2 Å². The molecular formula is C15H15N5O4. The monoisotopic (exact) mass is 329 g/mol. The molecule has 1 aliphatic rings. The molecule has 1 aliphatic heterocycles. The van der Waals surface area contributed by atoms with Crippen LogP contribution in [-0.4, -0.2) is 32.8 Å². The Morgan fingerprint density at radius 2 is 2.17 bits per heavy atom. The van der Waals surface area contributed by atoms with Gasteiger partial charge in [-0.1, -0.05) is 12.1 Å². The topological polar surface area (TPSA) is 110 Å². The predicted octanol–water partition coefficient (Wildman–Crippen LogP) is 1.56. The molecule has 0 bridgehead atoms. The molecule has 1 saturated heterocycles. The van der Waals surface area contributed by atoms with Gasteiger partial charge in [0.25, 0.3) is 0 Å². The van der Waals surface area contributed by atoms with Crippen molar-refractivity contribution in [1.29, 1.82) is 0 Å². The Hall–Kier alpha value is -3.23. The highest BCUT2D eigenvalue weighted by molar-refractivity contribution is 6.02. The Labute approximate surface area is 137 Å². The van der Waals surface area contributed by atoms with Crippen LogP contribution in [0, 0.1) is 10.1 Å². The molecule has 0 aliphatic carbocycles. The highest BCUT2D eigenvalue weighted by Gasteiger charge is 2.24. The number of nitro groups is 1. The van der Waals surface area contributed by atoms with Crippen LogP contribution in [0.4, 0.5) is 17.2 Å². The fourth-order valence-corrected chi connectivity index (χ4v) is 2.60. The van der Waals surface area contributed by atoms with Crippen LogP contribution in [0.2, 0.25) is 0 Å². The van der Waals surface area contributed by atoms with Gasteiger partial charge in [-0.15, -0.1) is 0 Å². The summed E-state index contributed by atoms with van der Waals surface area (Å²) >= 11 is 0. The summed E-state index contributed by atoms with van der Waals surface area (Å²) in [4.78, 5) is 39.3. The Morgan fingerprint density at radius 1 is 1.38 bits per heavy atom. The quantitative estimate of drug-likeness (QED) is 0.661. The van der Waals surface area contributed by atoms with Gasteiger partial charge in [0, 0.05) is 13.0 Å². The Kier molecular flexibility index (Phi) is 4.23. The van der Waals surface area contributed by atoms with E-state index in [0.717, 1.165) is 6.42 Å². The van der Waals surface area contributed by atoms with E-state index in [1.165, 1.54) is 17.1 Å². The molecule has 3 rings (SSSR count). The van der Waals surface area contributed by atoms with Crippen LogP contribution in [-0.2, 0) is 16.1 Å². The average molecular weight is 329 g/mol. The molecule has 0 atom stereocenters. The average Bonchev–Trinajstić information content (AvgIpc) is 3.17. The van der Waals surface area contributed by atoms with Crippen LogP contribution in [0.1, 0.15) is 12.8 Å². The molecule has 1 N–H and O–H groups in total. The third kappa shape index (κ3) is 3.24. The smallest absolute Gasteiger partial charge is 0.358 e. The van der Waals surface area contributed by atoms with E-state index in [-0.39, 0.29) is 24.2 Å². The van der Waals surface area contributed by atoms with Gasteiger partial charge in [-0.05, 0) is 28.5 Å². The highest BCUT2D eigenvalue weighted by Crippen LogP contribution is 2.29. The minimum atomic E-state index is -0.622. The molecule has 2 aromatic rings. The van der Waals surface area contributed by atoms with Crippen molar-refractivity contribution in [1.82, 2.24) is 9.55 Å². The number of para-hydroxylation sites is 2. The number of nitrogens with one attached hydrogen (secondary N) is 1. The number of aromatic nitrogens is 2. The molecule has 1 fully saturated rings. The van der Waals surface area contributed by atoms with Crippen LogP contribution in [0.5, 0.6) is 0 Å². The molecular weight excluding hydrogens is 314 g/mol. The first-order valence-corrected chi connectivity index (χ1v) is 7.40. The van der Waals surface area contributed by atoms with Gasteiger partial charge < -0.3 is 24.9 Å². The first-order valence-electron chi connectivity index (χ1n) is 7.40. The van der Waals surface area contributed by atoms with Crippen molar-refractivity contribution in [2.75, 3.05) is 16.8 Å². The molecule has 0 saturated carbocycles. The van der Waals surface area contributed by atoms with E-state index < -0.39 is 4.92 Å². The summed E-state index contributed by atoms with van der Waals surface area (Å²) in [6.45, 7) is 0.516. The van der Waals surface area contributed by atoms with Crippen molar-refractivity contribution in [2.45, 2.75) is 19.4 Å². The summed E-state index contributed by atoms with van der Waals surface area (Å²) in [6, 6.07) is 7.06. The number of carbonyl (C=O) groups is 2. The maximum absolute atomic E-state index is 12.2.